The Morgan fingerprint density at radius 2 is 1.79 bits per heavy atom. The molecule has 208 valence electrons. The van der Waals surface area contributed by atoms with Gasteiger partial charge in [-0.25, -0.2) is 13.8 Å². The van der Waals surface area contributed by atoms with E-state index in [0.29, 0.717) is 37.3 Å². The number of aromatic amines is 1. The minimum absolute atomic E-state index is 0.0706. The molecule has 12 heteroatoms. The van der Waals surface area contributed by atoms with Crippen molar-refractivity contribution in [3.05, 3.63) is 85.8 Å². The molecule has 1 saturated carbocycles. The summed E-state index contributed by atoms with van der Waals surface area (Å²) >= 11 is 5.76. The number of aromatic nitrogens is 2. The van der Waals surface area contributed by atoms with Crippen molar-refractivity contribution < 1.29 is 31.5 Å². The van der Waals surface area contributed by atoms with Crippen LogP contribution in [0.2, 0.25) is 5.02 Å². The number of amides is 1. The fourth-order valence-corrected chi connectivity index (χ4v) is 4.74. The molecule has 2 aromatic carbocycles. The fraction of sp³-hybridized carbons (Fsp3) is 0.370. The quantitative estimate of drug-likeness (QED) is 0.337. The first kappa shape index (κ1) is 28.7. The van der Waals surface area contributed by atoms with Crippen molar-refractivity contribution in [1.29, 1.82) is 0 Å². The smallest absolute Gasteiger partial charge is 0.373 e. The van der Waals surface area contributed by atoms with E-state index in [9.17, 15) is 27.2 Å². The molecule has 0 aliphatic heterocycles. The first-order valence-corrected chi connectivity index (χ1v) is 12.6. The maximum absolute atomic E-state index is 15.4. The Bertz CT molecular complexity index is 1420. The van der Waals surface area contributed by atoms with Gasteiger partial charge in [-0.3, -0.25) is 9.59 Å². The molecule has 0 radical (unpaired) electrons. The van der Waals surface area contributed by atoms with Gasteiger partial charge in [-0.2, -0.15) is 13.2 Å². The van der Waals surface area contributed by atoms with Gasteiger partial charge in [0.15, 0.2) is 0 Å². The number of H-pyrrole nitrogens is 1. The number of benzene rings is 2. The molecule has 1 heterocycles. The lowest BCUT2D eigenvalue weighted by Gasteiger charge is -2.28. The molecular weight excluding hydrogens is 545 g/mol. The number of carbonyl (C=O) groups excluding carboxylic acids is 1. The van der Waals surface area contributed by atoms with Gasteiger partial charge in [-0.05, 0) is 50.8 Å². The first-order chi connectivity index (χ1) is 18.4. The van der Waals surface area contributed by atoms with E-state index < -0.39 is 40.3 Å². The average Bonchev–Trinajstić information content (AvgIpc) is 2.86. The van der Waals surface area contributed by atoms with E-state index >= 15 is 4.39 Å². The van der Waals surface area contributed by atoms with Crippen LogP contribution in [0.15, 0.2) is 41.2 Å². The van der Waals surface area contributed by atoms with Crippen LogP contribution < -0.4 is 10.9 Å². The van der Waals surface area contributed by atoms with E-state index in [2.05, 4.69) is 15.3 Å². The Morgan fingerprint density at radius 3 is 2.44 bits per heavy atom. The van der Waals surface area contributed by atoms with Crippen LogP contribution in [0.3, 0.4) is 0 Å². The van der Waals surface area contributed by atoms with Crippen LogP contribution in [-0.4, -0.2) is 22.0 Å². The SMILES string of the molecule is Cc1cc(=O)[nH]c(-c2c(C(F)(F)F)ccc(CNC(=O)[C@H]3CC[C@H](OCc4ccc(Cl)cc4F)CC3)c2F)n1. The maximum Gasteiger partial charge on any atom is 0.417 e. The highest BCUT2D eigenvalue weighted by Gasteiger charge is 2.37. The van der Waals surface area contributed by atoms with Crippen molar-refractivity contribution in [1.82, 2.24) is 15.3 Å². The molecule has 0 unspecified atom stereocenters. The Labute approximate surface area is 225 Å². The number of hydrogen-bond donors (Lipinski definition) is 2. The van der Waals surface area contributed by atoms with Gasteiger partial charge in [0.2, 0.25) is 5.91 Å². The van der Waals surface area contributed by atoms with Gasteiger partial charge in [-0.1, -0.05) is 23.7 Å². The molecule has 0 atom stereocenters. The van der Waals surface area contributed by atoms with Crippen molar-refractivity contribution in [2.45, 2.75) is 58.0 Å². The number of halogens is 6. The summed E-state index contributed by atoms with van der Waals surface area (Å²) < 4.78 is 76.0. The third-order valence-corrected chi connectivity index (χ3v) is 6.86. The van der Waals surface area contributed by atoms with Crippen LogP contribution in [0.1, 0.15) is 48.1 Å². The third-order valence-electron chi connectivity index (χ3n) is 6.62. The van der Waals surface area contributed by atoms with Crippen LogP contribution >= 0.6 is 11.6 Å². The van der Waals surface area contributed by atoms with Crippen LogP contribution in [0.4, 0.5) is 22.0 Å². The van der Waals surface area contributed by atoms with Crippen molar-refractivity contribution in [3.8, 4) is 11.4 Å². The molecule has 39 heavy (non-hydrogen) atoms. The van der Waals surface area contributed by atoms with E-state index in [1.54, 1.807) is 12.1 Å². The predicted octanol–water partition coefficient (Wildman–Crippen LogP) is 6.09. The largest absolute Gasteiger partial charge is 0.417 e. The predicted molar refractivity (Wildman–Crippen MR) is 134 cm³/mol. The van der Waals surface area contributed by atoms with Crippen molar-refractivity contribution in [3.63, 3.8) is 0 Å². The number of nitrogens with one attached hydrogen (secondary N) is 2. The lowest BCUT2D eigenvalue weighted by Crippen LogP contribution is -2.34. The summed E-state index contributed by atoms with van der Waals surface area (Å²) in [7, 11) is 0. The Morgan fingerprint density at radius 1 is 1.10 bits per heavy atom. The molecule has 0 bridgehead atoms. The van der Waals surface area contributed by atoms with Crippen molar-refractivity contribution in [2.24, 2.45) is 5.92 Å². The number of nitrogens with zero attached hydrogens (tertiary/aromatic N) is 1. The molecule has 4 rings (SSSR count). The number of aryl methyl sites for hydroxylation is 1. The molecule has 1 aliphatic carbocycles. The molecule has 0 spiro atoms. The second-order valence-corrected chi connectivity index (χ2v) is 9.87. The Kier molecular flexibility index (Phi) is 8.70. The highest BCUT2D eigenvalue weighted by molar-refractivity contribution is 6.30. The van der Waals surface area contributed by atoms with Gasteiger partial charge >= 0.3 is 6.18 Å². The molecule has 1 aromatic heterocycles. The summed E-state index contributed by atoms with van der Waals surface area (Å²) in [5.41, 5.74) is -2.58. The second kappa shape index (κ2) is 11.8. The van der Waals surface area contributed by atoms with Gasteiger partial charge in [0.05, 0.1) is 23.8 Å². The Hall–Kier alpha value is -3.31. The molecular formula is C27H25ClF5N3O3. The van der Waals surface area contributed by atoms with E-state index in [1.165, 1.54) is 13.0 Å². The molecule has 1 amide bonds. The molecule has 1 aliphatic rings. The summed E-state index contributed by atoms with van der Waals surface area (Å²) in [5.74, 6) is -2.98. The second-order valence-electron chi connectivity index (χ2n) is 9.43. The standard InChI is InChI=1S/C27H25ClF5N3O3/c1-14-10-22(37)36-25(35-14)23-20(27(31,32)33)9-5-16(24(23)30)12-34-26(38)15-3-7-19(8-4-15)39-13-17-2-6-18(28)11-21(17)29/h2,5-6,9-11,15,19H,3-4,7-8,12-13H2,1H3,(H,34,38)(H,35,36,37)/t15-,19-. The van der Waals surface area contributed by atoms with Crippen LogP contribution in [0.25, 0.3) is 11.4 Å². The molecule has 3 aromatic rings. The number of alkyl halides is 3. The lowest BCUT2D eigenvalue weighted by molar-refractivity contribution is -0.137. The fourth-order valence-electron chi connectivity index (χ4n) is 4.59. The van der Waals surface area contributed by atoms with Gasteiger partial charge in [0, 0.05) is 40.4 Å². The van der Waals surface area contributed by atoms with Crippen molar-refractivity contribution >= 4 is 17.5 Å². The normalized spacial score (nSPS) is 17.7. The van der Waals surface area contributed by atoms with Crippen molar-refractivity contribution in [2.75, 3.05) is 0 Å². The number of rotatable bonds is 7. The Balaban J connectivity index is 1.39. The summed E-state index contributed by atoms with van der Waals surface area (Å²) in [4.78, 5) is 30.6. The average molecular weight is 570 g/mol. The van der Waals surface area contributed by atoms with Crippen LogP contribution in [0, 0.1) is 24.5 Å². The number of ether oxygens (including phenoxy) is 1. The molecule has 6 nitrogen and oxygen atoms in total. The maximum atomic E-state index is 15.4. The monoisotopic (exact) mass is 569 g/mol. The van der Waals surface area contributed by atoms with Gasteiger partial charge < -0.3 is 15.0 Å². The first-order valence-electron chi connectivity index (χ1n) is 12.2. The van der Waals surface area contributed by atoms with Gasteiger partial charge in [0.1, 0.15) is 17.5 Å². The van der Waals surface area contributed by atoms with Crippen LogP contribution in [0.5, 0.6) is 0 Å². The number of hydrogen-bond acceptors (Lipinski definition) is 4. The zero-order valence-corrected chi connectivity index (χ0v) is 21.6. The van der Waals surface area contributed by atoms with E-state index in [1.807, 2.05) is 0 Å². The zero-order chi connectivity index (χ0) is 28.3. The van der Waals surface area contributed by atoms with E-state index in [4.69, 9.17) is 16.3 Å². The minimum atomic E-state index is -4.90. The zero-order valence-electron chi connectivity index (χ0n) is 20.8. The highest BCUT2D eigenvalue weighted by atomic mass is 35.5. The summed E-state index contributed by atoms with van der Waals surface area (Å²) in [5, 5.41) is 2.89. The highest BCUT2D eigenvalue weighted by Crippen LogP contribution is 2.38. The van der Waals surface area contributed by atoms with Gasteiger partial charge in [0.25, 0.3) is 5.56 Å². The van der Waals surface area contributed by atoms with Gasteiger partial charge in [-0.15, -0.1) is 0 Å². The van der Waals surface area contributed by atoms with E-state index in [0.717, 1.165) is 12.1 Å². The summed E-state index contributed by atoms with van der Waals surface area (Å²) in [6.07, 6.45) is -3.00. The minimum Gasteiger partial charge on any atom is -0.373 e. The topological polar surface area (TPSA) is 84.1 Å². The third kappa shape index (κ3) is 7.02. The van der Waals surface area contributed by atoms with Crippen LogP contribution in [-0.2, 0) is 28.9 Å². The molecule has 0 saturated heterocycles. The van der Waals surface area contributed by atoms with E-state index in [-0.39, 0.29) is 47.4 Å². The summed E-state index contributed by atoms with van der Waals surface area (Å²) in [6.45, 7) is 1.13. The molecule has 2 N–H and O–H groups in total. The number of carbonyl (C=O) groups is 1. The lowest BCUT2D eigenvalue weighted by atomic mass is 9.86. The molecule has 1 fully saturated rings. The summed E-state index contributed by atoms with van der Waals surface area (Å²) in [6, 6.07) is 7.07.